The summed E-state index contributed by atoms with van der Waals surface area (Å²) in [7, 11) is -3.58. The van der Waals surface area contributed by atoms with E-state index in [0.717, 1.165) is 11.1 Å². The maximum atomic E-state index is 14.1. The van der Waals surface area contributed by atoms with Crippen molar-refractivity contribution in [3.8, 4) is 0 Å². The third kappa shape index (κ3) is 3.75. The Labute approximate surface area is 159 Å². The van der Waals surface area contributed by atoms with Gasteiger partial charge in [0.25, 0.3) is 0 Å². The Bertz CT molecular complexity index is 981. The zero-order valence-electron chi connectivity index (χ0n) is 15.7. The Balaban J connectivity index is 1.82. The van der Waals surface area contributed by atoms with Crippen LogP contribution in [0.15, 0.2) is 41.3 Å². The largest absolute Gasteiger partial charge is 0.368 e. The van der Waals surface area contributed by atoms with Crippen LogP contribution in [0.2, 0.25) is 0 Å². The molecule has 0 aromatic heterocycles. The Morgan fingerprint density at radius 1 is 1.04 bits per heavy atom. The number of benzene rings is 2. The summed E-state index contributed by atoms with van der Waals surface area (Å²) in [6.45, 7) is 6.41. The van der Waals surface area contributed by atoms with Crippen LogP contribution < -0.4 is 4.90 Å². The van der Waals surface area contributed by atoms with E-state index in [4.69, 9.17) is 0 Å². The van der Waals surface area contributed by atoms with Crippen molar-refractivity contribution in [2.24, 2.45) is 0 Å². The molecule has 0 aliphatic carbocycles. The highest BCUT2D eigenvalue weighted by Gasteiger charge is 2.30. The first-order chi connectivity index (χ1) is 12.7. The van der Waals surface area contributed by atoms with E-state index in [1.165, 1.54) is 17.3 Å². The number of aryl methyl sites for hydroxylation is 2. The van der Waals surface area contributed by atoms with Crippen LogP contribution >= 0.6 is 0 Å². The first-order valence-electron chi connectivity index (χ1n) is 8.83. The number of anilines is 1. The van der Waals surface area contributed by atoms with Crippen LogP contribution in [0, 0.1) is 19.7 Å². The summed E-state index contributed by atoms with van der Waals surface area (Å²) in [6, 6.07) is 9.83. The van der Waals surface area contributed by atoms with Crippen LogP contribution in [0.4, 0.5) is 10.1 Å². The standard InChI is InChI=1S/C20H23FN2O3S/c1-14-7-8-19(15(2)13-14)27(25,26)23-11-9-22(10-12-23)18-6-4-5-17(21)20(18)16(3)24/h4-8,13H,9-12H2,1-3H3. The van der Waals surface area contributed by atoms with Gasteiger partial charge in [-0.2, -0.15) is 4.31 Å². The Kier molecular flexibility index (Phi) is 5.35. The Hall–Kier alpha value is -2.25. The smallest absolute Gasteiger partial charge is 0.243 e. The van der Waals surface area contributed by atoms with Crippen molar-refractivity contribution in [2.45, 2.75) is 25.7 Å². The molecule has 0 atom stereocenters. The molecule has 144 valence electrons. The van der Waals surface area contributed by atoms with E-state index in [1.54, 1.807) is 31.2 Å². The van der Waals surface area contributed by atoms with E-state index in [-0.39, 0.29) is 24.4 Å². The molecule has 0 spiro atoms. The van der Waals surface area contributed by atoms with Gasteiger partial charge in [-0.05, 0) is 44.5 Å². The van der Waals surface area contributed by atoms with Gasteiger partial charge in [-0.25, -0.2) is 12.8 Å². The summed E-state index contributed by atoms with van der Waals surface area (Å²) >= 11 is 0. The topological polar surface area (TPSA) is 57.7 Å². The van der Waals surface area contributed by atoms with Crippen LogP contribution in [0.3, 0.4) is 0 Å². The number of hydrogen-bond acceptors (Lipinski definition) is 4. The average Bonchev–Trinajstić information content (AvgIpc) is 2.61. The number of Topliss-reactive ketones (excluding diaryl/α,β-unsaturated/α-hetero) is 1. The minimum atomic E-state index is -3.58. The summed E-state index contributed by atoms with van der Waals surface area (Å²) in [6.07, 6.45) is 0. The van der Waals surface area contributed by atoms with Gasteiger partial charge in [0.1, 0.15) is 5.82 Å². The second-order valence-electron chi connectivity index (χ2n) is 6.85. The predicted molar refractivity (Wildman–Crippen MR) is 103 cm³/mol. The molecule has 2 aromatic rings. The highest BCUT2D eigenvalue weighted by Crippen LogP contribution is 2.27. The third-order valence-corrected chi connectivity index (χ3v) is 6.93. The van der Waals surface area contributed by atoms with Crippen molar-refractivity contribution in [2.75, 3.05) is 31.1 Å². The van der Waals surface area contributed by atoms with Gasteiger partial charge in [0, 0.05) is 26.2 Å². The molecule has 0 bridgehead atoms. The second-order valence-corrected chi connectivity index (χ2v) is 8.76. The van der Waals surface area contributed by atoms with Gasteiger partial charge in [0.15, 0.2) is 5.78 Å². The predicted octanol–water partition coefficient (Wildman–Crippen LogP) is 3.16. The Morgan fingerprint density at radius 2 is 1.70 bits per heavy atom. The summed E-state index contributed by atoms with van der Waals surface area (Å²) in [5.74, 6) is -0.890. The molecular formula is C20H23FN2O3S. The summed E-state index contributed by atoms with van der Waals surface area (Å²) < 4.78 is 41.5. The van der Waals surface area contributed by atoms with Gasteiger partial charge in [-0.1, -0.05) is 23.8 Å². The van der Waals surface area contributed by atoms with E-state index in [9.17, 15) is 17.6 Å². The first kappa shape index (κ1) is 19.5. The lowest BCUT2D eigenvalue weighted by Gasteiger charge is -2.36. The normalized spacial score (nSPS) is 15.8. The maximum absolute atomic E-state index is 14.1. The molecular weight excluding hydrogens is 367 g/mol. The van der Waals surface area contributed by atoms with Crippen molar-refractivity contribution in [3.63, 3.8) is 0 Å². The molecule has 1 saturated heterocycles. The molecule has 1 aliphatic rings. The zero-order chi connectivity index (χ0) is 19.8. The first-order valence-corrected chi connectivity index (χ1v) is 10.3. The second kappa shape index (κ2) is 7.40. The van der Waals surface area contributed by atoms with Crippen LogP contribution in [0.5, 0.6) is 0 Å². The van der Waals surface area contributed by atoms with Gasteiger partial charge >= 0.3 is 0 Å². The lowest BCUT2D eigenvalue weighted by molar-refractivity contribution is 0.101. The number of halogens is 1. The van der Waals surface area contributed by atoms with Crippen molar-refractivity contribution >= 4 is 21.5 Å². The van der Waals surface area contributed by atoms with Crippen molar-refractivity contribution in [1.82, 2.24) is 4.31 Å². The minimum Gasteiger partial charge on any atom is -0.368 e. The number of sulfonamides is 1. The Morgan fingerprint density at radius 3 is 2.30 bits per heavy atom. The monoisotopic (exact) mass is 390 g/mol. The number of ketones is 1. The lowest BCUT2D eigenvalue weighted by atomic mass is 10.1. The number of nitrogens with zero attached hydrogens (tertiary/aromatic N) is 2. The minimum absolute atomic E-state index is 0.0585. The van der Waals surface area contributed by atoms with E-state index >= 15 is 0 Å². The molecule has 3 rings (SSSR count). The zero-order valence-corrected chi connectivity index (χ0v) is 16.5. The van der Waals surface area contributed by atoms with Crippen molar-refractivity contribution < 1.29 is 17.6 Å². The van der Waals surface area contributed by atoms with Crippen LogP contribution in [-0.4, -0.2) is 44.7 Å². The molecule has 5 nitrogen and oxygen atoms in total. The van der Waals surface area contributed by atoms with Gasteiger partial charge in [-0.3, -0.25) is 4.79 Å². The van der Waals surface area contributed by atoms with E-state index in [0.29, 0.717) is 23.7 Å². The highest BCUT2D eigenvalue weighted by molar-refractivity contribution is 7.89. The van der Waals surface area contributed by atoms with E-state index in [1.807, 2.05) is 17.9 Å². The van der Waals surface area contributed by atoms with Gasteiger partial charge in [0.05, 0.1) is 16.1 Å². The SMILES string of the molecule is CC(=O)c1c(F)cccc1N1CCN(S(=O)(=O)c2ccc(C)cc2C)CC1. The molecule has 1 aliphatic heterocycles. The van der Waals surface area contributed by atoms with Gasteiger partial charge in [0.2, 0.25) is 10.0 Å². The van der Waals surface area contributed by atoms with E-state index < -0.39 is 15.8 Å². The van der Waals surface area contributed by atoms with Crippen LogP contribution in [0.25, 0.3) is 0 Å². The fourth-order valence-electron chi connectivity index (χ4n) is 3.52. The number of rotatable bonds is 4. The number of carbonyl (C=O) groups excluding carboxylic acids is 1. The summed E-state index contributed by atoms with van der Waals surface area (Å²) in [4.78, 5) is 14.0. The fraction of sp³-hybridized carbons (Fsp3) is 0.350. The molecule has 2 aromatic carbocycles. The molecule has 0 unspecified atom stereocenters. The van der Waals surface area contributed by atoms with Gasteiger partial charge in [-0.15, -0.1) is 0 Å². The lowest BCUT2D eigenvalue weighted by Crippen LogP contribution is -2.49. The number of piperazine rings is 1. The molecule has 27 heavy (non-hydrogen) atoms. The van der Waals surface area contributed by atoms with E-state index in [2.05, 4.69) is 0 Å². The van der Waals surface area contributed by atoms with Gasteiger partial charge < -0.3 is 4.90 Å². The van der Waals surface area contributed by atoms with Crippen molar-refractivity contribution in [1.29, 1.82) is 0 Å². The molecule has 0 radical (unpaired) electrons. The number of hydrogen-bond donors (Lipinski definition) is 0. The van der Waals surface area contributed by atoms with Crippen LogP contribution in [-0.2, 0) is 10.0 Å². The summed E-state index contributed by atoms with van der Waals surface area (Å²) in [5.41, 5.74) is 2.31. The molecule has 0 saturated carbocycles. The number of carbonyl (C=O) groups is 1. The molecule has 1 fully saturated rings. The third-order valence-electron chi connectivity index (χ3n) is 4.87. The molecule has 1 heterocycles. The highest BCUT2D eigenvalue weighted by atomic mass is 32.2. The van der Waals surface area contributed by atoms with Crippen LogP contribution in [0.1, 0.15) is 28.4 Å². The molecule has 0 N–H and O–H groups in total. The van der Waals surface area contributed by atoms with Crippen molar-refractivity contribution in [3.05, 3.63) is 58.9 Å². The summed E-state index contributed by atoms with van der Waals surface area (Å²) in [5, 5.41) is 0. The molecule has 7 heteroatoms. The average molecular weight is 390 g/mol. The maximum Gasteiger partial charge on any atom is 0.243 e. The molecule has 0 amide bonds. The quantitative estimate of drug-likeness (QED) is 0.753. The fourth-order valence-corrected chi connectivity index (χ4v) is 5.15.